The van der Waals surface area contributed by atoms with Gasteiger partial charge >= 0.3 is 8.56 Å². The van der Waals surface area contributed by atoms with Crippen LogP contribution in [-0.4, -0.2) is 61.6 Å². The Hall–Kier alpha value is -0.0294. The summed E-state index contributed by atoms with van der Waals surface area (Å²) in [6.45, 7) is 8.44. The summed E-state index contributed by atoms with van der Waals surface area (Å²) in [5.74, 6) is 0. The zero-order valence-corrected chi connectivity index (χ0v) is 17.3. The van der Waals surface area contributed by atoms with E-state index < -0.39 is 24.7 Å². The molecular formula is C14H32O4Si3. The van der Waals surface area contributed by atoms with Crippen molar-refractivity contribution in [2.75, 3.05) is 26.7 Å². The Balaban J connectivity index is 5.36. The third-order valence-corrected chi connectivity index (χ3v) is 14.2. The maximum atomic E-state index is 9.48. The first-order valence-electron chi connectivity index (χ1n) is 7.51. The molecule has 0 aromatic carbocycles. The minimum absolute atomic E-state index is 0.0875. The molecule has 0 aliphatic carbocycles. The lowest BCUT2D eigenvalue weighted by Gasteiger charge is -2.26. The fraction of sp³-hybridized carbons (Fsp3) is 0.714. The van der Waals surface area contributed by atoms with Crippen LogP contribution >= 0.6 is 0 Å². The van der Waals surface area contributed by atoms with Gasteiger partial charge in [0.25, 0.3) is 0 Å². The van der Waals surface area contributed by atoms with E-state index in [1.165, 1.54) is 0 Å². The number of aliphatic hydroxyl groups excluding tert-OH is 2. The summed E-state index contributed by atoms with van der Waals surface area (Å²) in [4.78, 5) is 0. The van der Waals surface area contributed by atoms with Gasteiger partial charge in [0.15, 0.2) is 0 Å². The summed E-state index contributed by atoms with van der Waals surface area (Å²) >= 11 is 0. The molecule has 0 aromatic rings. The molecule has 0 spiro atoms. The molecule has 0 atom stereocenters. The van der Waals surface area contributed by atoms with Crippen LogP contribution in [0.4, 0.5) is 0 Å². The van der Waals surface area contributed by atoms with Gasteiger partial charge in [0.1, 0.15) is 8.07 Å². The first-order valence-corrected chi connectivity index (χ1v) is 15.5. The van der Waals surface area contributed by atoms with Crippen molar-refractivity contribution in [3.05, 3.63) is 22.8 Å². The van der Waals surface area contributed by atoms with Gasteiger partial charge in [-0.25, -0.2) is 0 Å². The van der Waals surface area contributed by atoms with Crippen LogP contribution in [0.1, 0.15) is 13.8 Å². The molecule has 0 heterocycles. The highest BCUT2D eigenvalue weighted by Crippen LogP contribution is 2.22. The van der Waals surface area contributed by atoms with Crippen molar-refractivity contribution >= 4 is 24.7 Å². The van der Waals surface area contributed by atoms with Crippen LogP contribution < -0.4 is 0 Å². The molecule has 2 N–H and O–H groups in total. The third kappa shape index (κ3) is 6.31. The summed E-state index contributed by atoms with van der Waals surface area (Å²) in [5, 5.41) is 19.0. The second-order valence-corrected chi connectivity index (χ2v) is 18.0. The van der Waals surface area contributed by atoms with Gasteiger partial charge in [-0.3, -0.25) is 0 Å². The molecule has 0 radical (unpaired) electrons. The highest BCUT2D eigenvalue weighted by molar-refractivity contribution is 6.92. The average Bonchev–Trinajstić information content (AvgIpc) is 2.55. The normalized spacial score (nSPS) is 14.5. The minimum atomic E-state index is -2.20. The molecule has 0 amide bonds. The Bertz CT molecular complexity index is 316. The van der Waals surface area contributed by atoms with Crippen molar-refractivity contribution in [2.24, 2.45) is 0 Å². The van der Waals surface area contributed by atoms with Gasteiger partial charge in [0.05, 0.1) is 8.07 Å². The van der Waals surface area contributed by atoms with E-state index in [1.54, 1.807) is 14.2 Å². The number of hydrogen-bond acceptors (Lipinski definition) is 4. The van der Waals surface area contributed by atoms with Gasteiger partial charge in [-0.05, 0) is 6.55 Å². The van der Waals surface area contributed by atoms with Crippen LogP contribution in [0.5, 0.6) is 0 Å². The van der Waals surface area contributed by atoms with Gasteiger partial charge in [-0.15, -0.1) is 0 Å². The van der Waals surface area contributed by atoms with Crippen LogP contribution in [0.2, 0.25) is 25.2 Å². The van der Waals surface area contributed by atoms with Gasteiger partial charge in [0, 0.05) is 26.7 Å². The second kappa shape index (κ2) is 9.19. The van der Waals surface area contributed by atoms with Crippen molar-refractivity contribution in [3.63, 3.8) is 0 Å². The summed E-state index contributed by atoms with van der Waals surface area (Å²) in [5.41, 5.74) is 8.86. The van der Waals surface area contributed by atoms with Gasteiger partial charge in [-0.2, -0.15) is 0 Å². The molecular weight excluding hydrogens is 316 g/mol. The monoisotopic (exact) mass is 348 g/mol. The fourth-order valence-electron chi connectivity index (χ4n) is 1.84. The zero-order valence-electron chi connectivity index (χ0n) is 14.3. The standard InChI is InChI=1S/C14H32O4Si3/c1-7-21(8-2,11-9-19(5,13-15)14-16)12-10-20(6,17-3)18-4/h9-12,15-16H,7-8,13-14H2,1-6H3. The van der Waals surface area contributed by atoms with Crippen LogP contribution in [0.15, 0.2) is 22.8 Å². The van der Waals surface area contributed by atoms with E-state index in [0.717, 1.165) is 12.1 Å². The van der Waals surface area contributed by atoms with Crippen LogP contribution in [-0.2, 0) is 8.85 Å². The molecule has 0 rings (SSSR count). The Morgan fingerprint density at radius 3 is 1.57 bits per heavy atom. The van der Waals surface area contributed by atoms with Crippen molar-refractivity contribution < 1.29 is 19.1 Å². The van der Waals surface area contributed by atoms with Crippen molar-refractivity contribution in [1.82, 2.24) is 0 Å². The number of hydrogen-bond donors (Lipinski definition) is 2. The van der Waals surface area contributed by atoms with Crippen molar-refractivity contribution in [1.29, 1.82) is 0 Å². The summed E-state index contributed by atoms with van der Waals surface area (Å²) in [7, 11) is -2.57. The minimum Gasteiger partial charge on any atom is -0.399 e. The van der Waals surface area contributed by atoms with E-state index in [2.05, 4.69) is 36.6 Å². The first-order chi connectivity index (χ1) is 9.78. The third-order valence-electron chi connectivity index (χ3n) is 4.39. The van der Waals surface area contributed by atoms with E-state index in [4.69, 9.17) is 8.85 Å². The lowest BCUT2D eigenvalue weighted by Crippen LogP contribution is -2.41. The maximum Gasteiger partial charge on any atom is 0.360 e. The molecule has 124 valence electrons. The van der Waals surface area contributed by atoms with Crippen molar-refractivity contribution in [3.8, 4) is 0 Å². The molecule has 0 aromatic heterocycles. The summed E-state index contributed by atoms with van der Waals surface area (Å²) in [6.07, 6.45) is 0.175. The quantitative estimate of drug-likeness (QED) is 0.595. The summed E-state index contributed by atoms with van der Waals surface area (Å²) < 4.78 is 11.0. The molecule has 0 fully saturated rings. The molecule has 0 saturated carbocycles. The van der Waals surface area contributed by atoms with E-state index in [9.17, 15) is 10.2 Å². The smallest absolute Gasteiger partial charge is 0.360 e. The Kier molecular flexibility index (Phi) is 9.17. The SMILES string of the molecule is CC[Si](C=C[Si](C)(CO)CO)(C=C[Si](C)(OC)OC)CC. The second-order valence-electron chi connectivity index (χ2n) is 6.00. The first kappa shape index (κ1) is 21.0. The van der Waals surface area contributed by atoms with E-state index in [-0.39, 0.29) is 12.5 Å². The molecule has 0 aliphatic heterocycles. The molecule has 0 bridgehead atoms. The van der Waals surface area contributed by atoms with Crippen LogP contribution in [0.25, 0.3) is 0 Å². The predicted molar refractivity (Wildman–Crippen MR) is 96.4 cm³/mol. The van der Waals surface area contributed by atoms with Crippen LogP contribution in [0.3, 0.4) is 0 Å². The Morgan fingerprint density at radius 1 is 0.810 bits per heavy atom. The molecule has 0 aliphatic rings. The molecule has 7 heteroatoms. The molecule has 0 saturated heterocycles. The summed E-state index contributed by atoms with van der Waals surface area (Å²) in [6, 6.07) is 2.19. The lowest BCUT2D eigenvalue weighted by molar-refractivity contribution is 0.264. The number of rotatable bonds is 10. The van der Waals surface area contributed by atoms with Crippen LogP contribution in [0, 0.1) is 0 Å². The van der Waals surface area contributed by atoms with E-state index in [1.807, 2.05) is 13.1 Å². The zero-order chi connectivity index (χ0) is 16.6. The van der Waals surface area contributed by atoms with E-state index in [0.29, 0.717) is 0 Å². The van der Waals surface area contributed by atoms with Crippen molar-refractivity contribution in [2.45, 2.75) is 39.0 Å². The topological polar surface area (TPSA) is 58.9 Å². The van der Waals surface area contributed by atoms with Gasteiger partial charge < -0.3 is 19.1 Å². The maximum absolute atomic E-state index is 9.48. The highest BCUT2D eigenvalue weighted by Gasteiger charge is 2.30. The predicted octanol–water partition coefficient (Wildman–Crippen LogP) is 2.25. The number of aliphatic hydroxyl groups is 2. The molecule has 4 nitrogen and oxygen atoms in total. The average molecular weight is 349 g/mol. The largest absolute Gasteiger partial charge is 0.399 e. The highest BCUT2D eigenvalue weighted by atomic mass is 28.4. The van der Waals surface area contributed by atoms with Gasteiger partial charge in [-0.1, -0.05) is 55.3 Å². The Labute approximate surface area is 132 Å². The molecule has 0 unspecified atom stereocenters. The molecule has 21 heavy (non-hydrogen) atoms. The van der Waals surface area contributed by atoms with E-state index >= 15 is 0 Å². The fourth-order valence-corrected chi connectivity index (χ4v) is 9.62. The Morgan fingerprint density at radius 2 is 1.24 bits per heavy atom. The van der Waals surface area contributed by atoms with Gasteiger partial charge in [0.2, 0.25) is 0 Å². The lowest BCUT2D eigenvalue weighted by atomic mass is 10.9.